The Balaban J connectivity index is 2.87. The summed E-state index contributed by atoms with van der Waals surface area (Å²) in [5.74, 6) is 0.147. The molecular weight excluding hydrogens is 234 g/mol. The Hall–Kier alpha value is -2.30. The van der Waals surface area contributed by atoms with Gasteiger partial charge in [0.05, 0.1) is 19.4 Å². The van der Waals surface area contributed by atoms with E-state index in [-0.39, 0.29) is 0 Å². The molecule has 0 aliphatic heterocycles. The lowest BCUT2D eigenvalue weighted by Gasteiger charge is -2.07. The zero-order valence-corrected chi connectivity index (χ0v) is 10.3. The van der Waals surface area contributed by atoms with Gasteiger partial charge in [-0.1, -0.05) is 6.07 Å². The van der Waals surface area contributed by atoms with E-state index in [0.29, 0.717) is 24.5 Å². The second-order valence-corrected chi connectivity index (χ2v) is 3.31. The Kier molecular flexibility index (Phi) is 5.44. The molecule has 0 spiro atoms. The van der Waals surface area contributed by atoms with Crippen LogP contribution in [0.15, 0.2) is 24.3 Å². The zero-order valence-electron chi connectivity index (χ0n) is 10.3. The van der Waals surface area contributed by atoms with Gasteiger partial charge in [0, 0.05) is 6.08 Å². The maximum atomic E-state index is 11.1. The predicted molar refractivity (Wildman–Crippen MR) is 68.3 cm³/mol. The van der Waals surface area contributed by atoms with Crippen molar-refractivity contribution in [3.63, 3.8) is 0 Å². The van der Waals surface area contributed by atoms with Crippen molar-refractivity contribution >= 4 is 24.1 Å². The molecule has 0 saturated heterocycles. The molecule has 96 valence electrons. The molecule has 0 radical (unpaired) electrons. The van der Waals surface area contributed by atoms with Gasteiger partial charge in [0.1, 0.15) is 5.75 Å². The average molecular weight is 249 g/mol. The molecule has 5 nitrogen and oxygen atoms in total. The summed E-state index contributed by atoms with van der Waals surface area (Å²) in [6.07, 6.45) is 3.50. The summed E-state index contributed by atoms with van der Waals surface area (Å²) < 4.78 is 9.84. The van der Waals surface area contributed by atoms with E-state index in [2.05, 4.69) is 5.32 Å². The van der Waals surface area contributed by atoms with Crippen LogP contribution in [0.1, 0.15) is 12.5 Å². The predicted octanol–water partition coefficient (Wildman–Crippen LogP) is 1.84. The van der Waals surface area contributed by atoms with Crippen molar-refractivity contribution in [1.82, 2.24) is 0 Å². The molecule has 0 aliphatic rings. The number of nitrogens with one attached hydrogen (secondary N) is 1. The van der Waals surface area contributed by atoms with Gasteiger partial charge in [-0.05, 0) is 30.7 Å². The first-order chi connectivity index (χ1) is 8.71. The van der Waals surface area contributed by atoms with Gasteiger partial charge in [-0.15, -0.1) is 0 Å². The summed E-state index contributed by atoms with van der Waals surface area (Å²) in [6.45, 7) is 2.08. The second-order valence-electron chi connectivity index (χ2n) is 3.31. The molecule has 0 unspecified atom stereocenters. The van der Waals surface area contributed by atoms with Crippen LogP contribution < -0.4 is 10.1 Å². The third kappa shape index (κ3) is 3.93. The summed E-state index contributed by atoms with van der Waals surface area (Å²) in [6, 6.07) is 5.17. The Morgan fingerprint density at radius 1 is 1.44 bits per heavy atom. The fourth-order valence-electron chi connectivity index (χ4n) is 1.36. The van der Waals surface area contributed by atoms with Crippen LogP contribution in [0.25, 0.3) is 6.08 Å². The number of esters is 1. The Bertz CT molecular complexity index is 454. The summed E-state index contributed by atoms with van der Waals surface area (Å²) >= 11 is 0. The van der Waals surface area contributed by atoms with E-state index in [0.717, 1.165) is 5.56 Å². The Morgan fingerprint density at radius 3 is 2.83 bits per heavy atom. The number of amides is 1. The van der Waals surface area contributed by atoms with Crippen LogP contribution in [0, 0.1) is 0 Å². The first-order valence-corrected chi connectivity index (χ1v) is 5.44. The first kappa shape index (κ1) is 13.8. The van der Waals surface area contributed by atoms with Crippen LogP contribution in [0.5, 0.6) is 5.75 Å². The molecule has 0 atom stereocenters. The minimum absolute atomic E-state index is 0.337. The summed E-state index contributed by atoms with van der Waals surface area (Å²) in [5, 5.41) is 2.52. The SMILES string of the molecule is CCOC(=O)C=Cc1ccc(OC)c(NC=O)c1. The van der Waals surface area contributed by atoms with Crippen LogP contribution in [-0.4, -0.2) is 26.1 Å². The van der Waals surface area contributed by atoms with Gasteiger partial charge in [-0.3, -0.25) is 4.79 Å². The normalized spacial score (nSPS) is 10.1. The van der Waals surface area contributed by atoms with Gasteiger partial charge in [-0.25, -0.2) is 4.79 Å². The van der Waals surface area contributed by atoms with Gasteiger partial charge < -0.3 is 14.8 Å². The van der Waals surface area contributed by atoms with Gasteiger partial charge >= 0.3 is 5.97 Å². The highest BCUT2D eigenvalue weighted by Crippen LogP contribution is 2.25. The summed E-state index contributed by atoms with van der Waals surface area (Å²) in [5.41, 5.74) is 1.30. The lowest BCUT2D eigenvalue weighted by atomic mass is 10.1. The van der Waals surface area contributed by atoms with Crippen molar-refractivity contribution in [3.8, 4) is 5.75 Å². The van der Waals surface area contributed by atoms with Crippen molar-refractivity contribution in [3.05, 3.63) is 29.8 Å². The fourth-order valence-corrected chi connectivity index (χ4v) is 1.36. The Morgan fingerprint density at radius 2 is 2.22 bits per heavy atom. The van der Waals surface area contributed by atoms with Crippen molar-refractivity contribution in [1.29, 1.82) is 0 Å². The molecule has 1 N–H and O–H groups in total. The van der Waals surface area contributed by atoms with Gasteiger partial charge in [-0.2, -0.15) is 0 Å². The molecule has 5 heteroatoms. The summed E-state index contributed by atoms with van der Waals surface area (Å²) in [4.78, 5) is 21.6. The fraction of sp³-hybridized carbons (Fsp3) is 0.231. The molecule has 0 saturated carbocycles. The number of rotatable bonds is 6. The molecule has 18 heavy (non-hydrogen) atoms. The van der Waals surface area contributed by atoms with Gasteiger partial charge in [0.25, 0.3) is 0 Å². The standard InChI is InChI=1S/C13H15NO4/c1-3-18-13(16)7-5-10-4-6-12(17-2)11(8-10)14-9-15/h4-9H,3H2,1-2H3,(H,14,15). The van der Waals surface area contributed by atoms with Crippen LogP contribution in [-0.2, 0) is 14.3 Å². The number of carbonyl (C=O) groups excluding carboxylic acids is 2. The molecule has 0 aromatic heterocycles. The van der Waals surface area contributed by atoms with Gasteiger partial charge in [0.15, 0.2) is 0 Å². The first-order valence-electron chi connectivity index (χ1n) is 5.44. The van der Waals surface area contributed by atoms with Crippen molar-refractivity contribution < 1.29 is 19.1 Å². The highest BCUT2D eigenvalue weighted by Gasteiger charge is 2.02. The second kappa shape index (κ2) is 7.11. The largest absolute Gasteiger partial charge is 0.495 e. The summed E-state index contributed by atoms with van der Waals surface area (Å²) in [7, 11) is 1.51. The molecule has 0 aliphatic carbocycles. The van der Waals surface area contributed by atoms with E-state index in [4.69, 9.17) is 9.47 Å². The van der Waals surface area contributed by atoms with E-state index >= 15 is 0 Å². The van der Waals surface area contributed by atoms with Crippen molar-refractivity contribution in [2.75, 3.05) is 19.0 Å². The topological polar surface area (TPSA) is 64.6 Å². The van der Waals surface area contributed by atoms with E-state index in [1.54, 1.807) is 31.2 Å². The van der Waals surface area contributed by atoms with Gasteiger partial charge in [0.2, 0.25) is 6.41 Å². The molecule has 1 aromatic carbocycles. The molecular formula is C13H15NO4. The minimum Gasteiger partial charge on any atom is -0.495 e. The number of ether oxygens (including phenoxy) is 2. The smallest absolute Gasteiger partial charge is 0.330 e. The van der Waals surface area contributed by atoms with E-state index < -0.39 is 5.97 Å². The number of benzene rings is 1. The number of anilines is 1. The van der Waals surface area contributed by atoms with Crippen molar-refractivity contribution in [2.45, 2.75) is 6.92 Å². The van der Waals surface area contributed by atoms with Crippen LogP contribution in [0.2, 0.25) is 0 Å². The maximum absolute atomic E-state index is 11.1. The molecule has 1 aromatic rings. The molecule has 1 rings (SSSR count). The molecule has 0 heterocycles. The van der Waals surface area contributed by atoms with Crippen LogP contribution in [0.4, 0.5) is 5.69 Å². The maximum Gasteiger partial charge on any atom is 0.330 e. The van der Waals surface area contributed by atoms with E-state index in [9.17, 15) is 9.59 Å². The quantitative estimate of drug-likeness (QED) is 0.474. The number of hydrogen-bond acceptors (Lipinski definition) is 4. The van der Waals surface area contributed by atoms with Crippen LogP contribution >= 0.6 is 0 Å². The lowest BCUT2D eigenvalue weighted by molar-refractivity contribution is -0.137. The van der Waals surface area contributed by atoms with Crippen LogP contribution in [0.3, 0.4) is 0 Å². The molecule has 1 amide bonds. The van der Waals surface area contributed by atoms with Crippen molar-refractivity contribution in [2.24, 2.45) is 0 Å². The number of methoxy groups -OCH3 is 1. The average Bonchev–Trinajstić information content (AvgIpc) is 2.37. The minimum atomic E-state index is -0.404. The third-order valence-corrected chi connectivity index (χ3v) is 2.14. The molecule has 0 bridgehead atoms. The third-order valence-electron chi connectivity index (χ3n) is 2.14. The molecule has 0 fully saturated rings. The zero-order chi connectivity index (χ0) is 13.4. The number of hydrogen-bond donors (Lipinski definition) is 1. The Labute approximate surface area is 105 Å². The highest BCUT2D eigenvalue weighted by molar-refractivity contribution is 5.87. The highest BCUT2D eigenvalue weighted by atomic mass is 16.5. The van der Waals surface area contributed by atoms with E-state index in [1.807, 2.05) is 0 Å². The monoisotopic (exact) mass is 249 g/mol. The van der Waals surface area contributed by atoms with E-state index in [1.165, 1.54) is 13.2 Å². The number of carbonyl (C=O) groups is 2. The lowest BCUT2D eigenvalue weighted by Crippen LogP contribution is -1.99.